The molecule has 0 saturated carbocycles. The smallest absolute Gasteiger partial charge is 0.242 e. The van der Waals surface area contributed by atoms with Crippen LogP contribution < -0.4 is 10.5 Å². The van der Waals surface area contributed by atoms with Gasteiger partial charge >= 0.3 is 0 Å². The molecule has 2 aromatic carbocycles. The monoisotopic (exact) mass is 308 g/mol. The van der Waals surface area contributed by atoms with Gasteiger partial charge in [0.05, 0.1) is 5.69 Å². The predicted molar refractivity (Wildman–Crippen MR) is 80.9 cm³/mol. The maximum absolute atomic E-state index is 13.3. The standard InChI is InChI=1S/C15H17FN2O2S/c1-11-4-2-5-12(10-11)8-9-18-21(19,20)14-7-3-6-13(16)15(14)17/h2-7,10,18H,8-9,17H2,1H3. The van der Waals surface area contributed by atoms with Crippen LogP contribution in [0.2, 0.25) is 0 Å². The number of anilines is 1. The van der Waals surface area contributed by atoms with E-state index in [1.165, 1.54) is 12.1 Å². The molecular weight excluding hydrogens is 291 g/mol. The summed E-state index contributed by atoms with van der Waals surface area (Å²) in [5, 5.41) is 0. The van der Waals surface area contributed by atoms with Crippen LogP contribution in [0.3, 0.4) is 0 Å². The van der Waals surface area contributed by atoms with E-state index >= 15 is 0 Å². The van der Waals surface area contributed by atoms with Gasteiger partial charge in [0.15, 0.2) is 0 Å². The number of sulfonamides is 1. The van der Waals surface area contributed by atoms with Crippen LogP contribution in [0.15, 0.2) is 47.4 Å². The first-order chi connectivity index (χ1) is 9.90. The molecule has 0 aliphatic rings. The summed E-state index contributed by atoms with van der Waals surface area (Å²) in [4.78, 5) is -0.230. The molecule has 2 aromatic rings. The fraction of sp³-hybridized carbons (Fsp3) is 0.200. The number of nitrogens with one attached hydrogen (secondary N) is 1. The van der Waals surface area contributed by atoms with Gasteiger partial charge in [-0.15, -0.1) is 0 Å². The second kappa shape index (κ2) is 6.24. The molecular formula is C15H17FN2O2S. The Kier molecular flexibility index (Phi) is 4.59. The molecule has 0 fully saturated rings. The Balaban J connectivity index is 2.07. The molecule has 0 atom stereocenters. The number of hydrogen-bond acceptors (Lipinski definition) is 3. The van der Waals surface area contributed by atoms with Crippen LogP contribution in [-0.2, 0) is 16.4 Å². The minimum absolute atomic E-state index is 0.224. The van der Waals surface area contributed by atoms with Crippen LogP contribution in [0, 0.1) is 12.7 Å². The highest BCUT2D eigenvalue weighted by Gasteiger charge is 2.18. The molecule has 3 N–H and O–H groups in total. The highest BCUT2D eigenvalue weighted by atomic mass is 32.2. The molecule has 0 saturated heterocycles. The van der Waals surface area contributed by atoms with Crippen molar-refractivity contribution in [1.82, 2.24) is 4.72 Å². The maximum atomic E-state index is 13.3. The average Bonchev–Trinajstić information content (AvgIpc) is 2.41. The van der Waals surface area contributed by atoms with Gasteiger partial charge in [-0.25, -0.2) is 17.5 Å². The van der Waals surface area contributed by atoms with Crippen molar-refractivity contribution in [3.05, 3.63) is 59.4 Å². The van der Waals surface area contributed by atoms with Gasteiger partial charge in [0.25, 0.3) is 0 Å². The van der Waals surface area contributed by atoms with E-state index in [1.807, 2.05) is 31.2 Å². The van der Waals surface area contributed by atoms with Gasteiger partial charge < -0.3 is 5.73 Å². The minimum atomic E-state index is -3.81. The summed E-state index contributed by atoms with van der Waals surface area (Å²) in [6.45, 7) is 2.20. The lowest BCUT2D eigenvalue weighted by Gasteiger charge is -2.09. The topological polar surface area (TPSA) is 72.2 Å². The Morgan fingerprint density at radius 2 is 1.90 bits per heavy atom. The summed E-state index contributed by atoms with van der Waals surface area (Å²) in [6.07, 6.45) is 0.552. The van der Waals surface area contributed by atoms with Crippen LogP contribution in [0.5, 0.6) is 0 Å². The number of aryl methyl sites for hydroxylation is 1. The predicted octanol–water partition coefficient (Wildman–Crippen LogP) is 2.24. The van der Waals surface area contributed by atoms with E-state index in [0.717, 1.165) is 17.2 Å². The lowest BCUT2D eigenvalue weighted by Crippen LogP contribution is -2.27. The van der Waals surface area contributed by atoms with E-state index in [0.29, 0.717) is 6.42 Å². The fourth-order valence-electron chi connectivity index (χ4n) is 2.03. The number of hydrogen-bond donors (Lipinski definition) is 2. The normalized spacial score (nSPS) is 11.5. The van der Waals surface area contributed by atoms with Crippen molar-refractivity contribution in [2.75, 3.05) is 12.3 Å². The zero-order valence-electron chi connectivity index (χ0n) is 11.6. The number of para-hydroxylation sites is 1. The van der Waals surface area contributed by atoms with E-state index in [9.17, 15) is 12.8 Å². The SMILES string of the molecule is Cc1cccc(CCNS(=O)(=O)c2cccc(F)c2N)c1. The van der Waals surface area contributed by atoms with Gasteiger partial charge in [-0.1, -0.05) is 35.9 Å². The number of nitrogen functional groups attached to an aromatic ring is 1. The Hall–Kier alpha value is -1.92. The van der Waals surface area contributed by atoms with Crippen LogP contribution in [0.1, 0.15) is 11.1 Å². The van der Waals surface area contributed by atoms with E-state index < -0.39 is 15.8 Å². The second-order valence-electron chi connectivity index (χ2n) is 4.79. The first kappa shape index (κ1) is 15.5. The largest absolute Gasteiger partial charge is 0.395 e. The molecule has 0 heterocycles. The number of nitrogens with two attached hydrogens (primary N) is 1. The Labute approximate surface area is 123 Å². The highest BCUT2D eigenvalue weighted by Crippen LogP contribution is 2.20. The summed E-state index contributed by atoms with van der Waals surface area (Å²) in [7, 11) is -3.81. The van der Waals surface area contributed by atoms with Crippen molar-refractivity contribution in [2.45, 2.75) is 18.2 Å². The summed E-state index contributed by atoms with van der Waals surface area (Å²) in [5.41, 5.74) is 7.26. The molecule has 0 aliphatic heterocycles. The van der Waals surface area contributed by atoms with Gasteiger partial charge in [-0.3, -0.25) is 0 Å². The zero-order valence-corrected chi connectivity index (χ0v) is 12.5. The van der Waals surface area contributed by atoms with Crippen molar-refractivity contribution < 1.29 is 12.8 Å². The fourth-order valence-corrected chi connectivity index (χ4v) is 3.20. The van der Waals surface area contributed by atoms with E-state index in [-0.39, 0.29) is 17.1 Å². The molecule has 0 amide bonds. The van der Waals surface area contributed by atoms with Crippen LogP contribution in [-0.4, -0.2) is 15.0 Å². The lowest BCUT2D eigenvalue weighted by molar-refractivity contribution is 0.579. The van der Waals surface area contributed by atoms with Gasteiger partial charge in [0.1, 0.15) is 10.7 Å². The summed E-state index contributed by atoms with van der Waals surface area (Å²) < 4.78 is 40.0. The molecule has 2 rings (SSSR count). The van der Waals surface area contributed by atoms with Crippen LogP contribution in [0.4, 0.5) is 10.1 Å². The lowest BCUT2D eigenvalue weighted by atomic mass is 10.1. The van der Waals surface area contributed by atoms with E-state index in [4.69, 9.17) is 5.73 Å². The molecule has 6 heteroatoms. The van der Waals surface area contributed by atoms with Gasteiger partial charge in [-0.2, -0.15) is 0 Å². The van der Waals surface area contributed by atoms with Crippen molar-refractivity contribution >= 4 is 15.7 Å². The van der Waals surface area contributed by atoms with Crippen molar-refractivity contribution in [3.63, 3.8) is 0 Å². The van der Waals surface area contributed by atoms with Gasteiger partial charge in [-0.05, 0) is 31.0 Å². The van der Waals surface area contributed by atoms with E-state index in [1.54, 1.807) is 0 Å². The molecule has 0 bridgehead atoms. The molecule has 0 radical (unpaired) electrons. The summed E-state index contributed by atoms with van der Waals surface area (Å²) in [6, 6.07) is 11.5. The quantitative estimate of drug-likeness (QED) is 0.832. The molecule has 0 aliphatic carbocycles. The van der Waals surface area contributed by atoms with Crippen molar-refractivity contribution in [2.24, 2.45) is 0 Å². The highest BCUT2D eigenvalue weighted by molar-refractivity contribution is 7.89. The maximum Gasteiger partial charge on any atom is 0.242 e. The molecule has 21 heavy (non-hydrogen) atoms. The third kappa shape index (κ3) is 3.80. The van der Waals surface area contributed by atoms with Crippen molar-refractivity contribution in [3.8, 4) is 0 Å². The Morgan fingerprint density at radius 3 is 2.62 bits per heavy atom. The van der Waals surface area contributed by atoms with Crippen molar-refractivity contribution in [1.29, 1.82) is 0 Å². The Bertz CT molecular complexity index is 745. The summed E-state index contributed by atoms with van der Waals surface area (Å²) in [5.74, 6) is -0.739. The molecule has 0 spiro atoms. The second-order valence-corrected chi connectivity index (χ2v) is 6.52. The number of halogens is 1. The van der Waals surface area contributed by atoms with E-state index in [2.05, 4.69) is 4.72 Å². The van der Waals surface area contributed by atoms with Gasteiger partial charge in [0, 0.05) is 6.54 Å². The molecule has 112 valence electrons. The van der Waals surface area contributed by atoms with Crippen LogP contribution >= 0.6 is 0 Å². The molecule has 0 aromatic heterocycles. The number of rotatable bonds is 5. The van der Waals surface area contributed by atoms with Crippen LogP contribution in [0.25, 0.3) is 0 Å². The molecule has 0 unspecified atom stereocenters. The minimum Gasteiger partial charge on any atom is -0.395 e. The molecule has 4 nitrogen and oxygen atoms in total. The third-order valence-electron chi connectivity index (χ3n) is 3.09. The number of benzene rings is 2. The third-order valence-corrected chi connectivity index (χ3v) is 4.61. The average molecular weight is 308 g/mol. The first-order valence-electron chi connectivity index (χ1n) is 6.49. The zero-order chi connectivity index (χ0) is 15.5. The first-order valence-corrected chi connectivity index (χ1v) is 7.97. The Morgan fingerprint density at radius 1 is 1.19 bits per heavy atom. The summed E-state index contributed by atoms with van der Waals surface area (Å²) >= 11 is 0. The van der Waals surface area contributed by atoms with Gasteiger partial charge in [0.2, 0.25) is 10.0 Å².